The quantitative estimate of drug-likeness (QED) is 0.804. The van der Waals surface area contributed by atoms with E-state index in [0.717, 1.165) is 6.42 Å². The van der Waals surface area contributed by atoms with Crippen LogP contribution in [0.3, 0.4) is 0 Å². The maximum Gasteiger partial charge on any atom is 0.317 e. The minimum absolute atomic E-state index is 0.0409. The van der Waals surface area contributed by atoms with Crippen LogP contribution in [-0.2, 0) is 9.59 Å². The lowest BCUT2D eigenvalue weighted by Crippen LogP contribution is -2.37. The third kappa shape index (κ3) is 5.73. The van der Waals surface area contributed by atoms with Crippen molar-refractivity contribution in [2.75, 3.05) is 25.0 Å². The van der Waals surface area contributed by atoms with Gasteiger partial charge in [-0.2, -0.15) is 0 Å². The molecule has 0 bridgehead atoms. The van der Waals surface area contributed by atoms with E-state index in [4.69, 9.17) is 28.3 Å². The first kappa shape index (κ1) is 16.7. The van der Waals surface area contributed by atoms with E-state index in [1.54, 1.807) is 0 Å². The van der Waals surface area contributed by atoms with Crippen LogP contribution in [0.1, 0.15) is 13.3 Å². The number of carbonyl (C=O) groups is 2. The second-order valence-corrected chi connectivity index (χ2v) is 4.98. The molecule has 20 heavy (non-hydrogen) atoms. The molecule has 0 fully saturated rings. The van der Waals surface area contributed by atoms with Crippen LogP contribution >= 0.6 is 23.2 Å². The van der Waals surface area contributed by atoms with Gasteiger partial charge < -0.3 is 10.4 Å². The summed E-state index contributed by atoms with van der Waals surface area (Å²) >= 11 is 11.6. The van der Waals surface area contributed by atoms with E-state index in [9.17, 15) is 9.59 Å². The zero-order valence-corrected chi connectivity index (χ0v) is 12.4. The van der Waals surface area contributed by atoms with Gasteiger partial charge in [0.1, 0.15) is 0 Å². The van der Waals surface area contributed by atoms with Crippen molar-refractivity contribution in [1.29, 1.82) is 0 Å². The van der Waals surface area contributed by atoms with Gasteiger partial charge in [0.05, 0.1) is 23.1 Å². The number of anilines is 1. The molecule has 2 N–H and O–H groups in total. The van der Waals surface area contributed by atoms with Crippen molar-refractivity contribution in [3.8, 4) is 0 Å². The first-order valence-corrected chi connectivity index (χ1v) is 6.73. The maximum atomic E-state index is 11.8. The van der Waals surface area contributed by atoms with Crippen molar-refractivity contribution in [3.63, 3.8) is 0 Å². The average Bonchev–Trinajstić information content (AvgIpc) is 2.32. The highest BCUT2D eigenvalue weighted by molar-refractivity contribution is 6.36. The molecular formula is C12H15Cl2N3O3. The Balaban J connectivity index is 2.62. The Hall–Kier alpha value is -1.37. The van der Waals surface area contributed by atoms with Crippen LogP contribution in [0.15, 0.2) is 12.3 Å². The summed E-state index contributed by atoms with van der Waals surface area (Å²) in [5.74, 6) is -1.15. The Labute approximate surface area is 126 Å². The third-order valence-electron chi connectivity index (χ3n) is 2.33. The van der Waals surface area contributed by atoms with E-state index in [1.807, 2.05) is 6.92 Å². The number of carbonyl (C=O) groups excluding carboxylic acids is 1. The van der Waals surface area contributed by atoms with Gasteiger partial charge in [0.2, 0.25) is 5.91 Å². The summed E-state index contributed by atoms with van der Waals surface area (Å²) in [5.41, 5.74) is 0. The first-order chi connectivity index (χ1) is 9.42. The summed E-state index contributed by atoms with van der Waals surface area (Å²) in [4.78, 5) is 28.0. The van der Waals surface area contributed by atoms with Crippen molar-refractivity contribution >= 4 is 40.9 Å². The molecule has 0 saturated heterocycles. The number of nitrogens with zero attached hydrogens (tertiary/aromatic N) is 2. The summed E-state index contributed by atoms with van der Waals surface area (Å²) in [7, 11) is 0. The topological polar surface area (TPSA) is 82.5 Å². The maximum absolute atomic E-state index is 11.8. The molecule has 0 unspecified atom stereocenters. The zero-order chi connectivity index (χ0) is 15.1. The highest BCUT2D eigenvalue weighted by atomic mass is 35.5. The smallest absolute Gasteiger partial charge is 0.317 e. The standard InChI is InChI=1S/C12H15Cl2N3O3/c1-2-3-17(7-11(19)20)6-10(18)16-12-9(14)4-8(13)5-15-12/h4-5H,2-3,6-7H2,1H3,(H,19,20)(H,15,16,18). The van der Waals surface area contributed by atoms with E-state index in [2.05, 4.69) is 10.3 Å². The van der Waals surface area contributed by atoms with Gasteiger partial charge >= 0.3 is 5.97 Å². The van der Waals surface area contributed by atoms with Crippen molar-refractivity contribution < 1.29 is 14.7 Å². The molecule has 1 aromatic heterocycles. The molecule has 0 spiro atoms. The number of nitrogens with one attached hydrogen (secondary N) is 1. The number of halogens is 2. The molecule has 1 heterocycles. The Morgan fingerprint density at radius 2 is 2.10 bits per heavy atom. The number of amides is 1. The number of carboxylic acids is 1. The van der Waals surface area contributed by atoms with Crippen molar-refractivity contribution in [1.82, 2.24) is 9.88 Å². The highest BCUT2D eigenvalue weighted by Gasteiger charge is 2.14. The normalized spacial score (nSPS) is 10.6. The summed E-state index contributed by atoms with van der Waals surface area (Å²) in [6, 6.07) is 1.47. The monoisotopic (exact) mass is 319 g/mol. The number of carboxylic acid groups (broad SMARTS) is 1. The summed E-state index contributed by atoms with van der Waals surface area (Å²) in [6.07, 6.45) is 2.12. The summed E-state index contributed by atoms with van der Waals surface area (Å²) < 4.78 is 0. The van der Waals surface area contributed by atoms with Gasteiger partial charge in [0.15, 0.2) is 5.82 Å². The predicted molar refractivity (Wildman–Crippen MR) is 77.3 cm³/mol. The minimum Gasteiger partial charge on any atom is -0.480 e. The summed E-state index contributed by atoms with van der Waals surface area (Å²) in [6.45, 7) is 2.19. The Morgan fingerprint density at radius 1 is 1.40 bits per heavy atom. The van der Waals surface area contributed by atoms with Gasteiger partial charge in [-0.3, -0.25) is 14.5 Å². The number of rotatable bonds is 7. The molecule has 8 heteroatoms. The lowest BCUT2D eigenvalue weighted by Gasteiger charge is -2.18. The number of aliphatic carboxylic acids is 1. The fourth-order valence-corrected chi connectivity index (χ4v) is 2.03. The third-order valence-corrected chi connectivity index (χ3v) is 2.83. The van der Waals surface area contributed by atoms with Crippen LogP contribution < -0.4 is 5.32 Å². The molecule has 110 valence electrons. The lowest BCUT2D eigenvalue weighted by atomic mass is 10.3. The molecule has 0 saturated carbocycles. The van der Waals surface area contributed by atoms with Crippen molar-refractivity contribution in [3.05, 3.63) is 22.3 Å². The predicted octanol–water partition coefficient (Wildman–Crippen LogP) is 2.12. The molecule has 1 aromatic rings. The van der Waals surface area contributed by atoms with E-state index < -0.39 is 5.97 Å². The van der Waals surface area contributed by atoms with Crippen LogP contribution in [0.4, 0.5) is 5.82 Å². The highest BCUT2D eigenvalue weighted by Crippen LogP contribution is 2.22. The fraction of sp³-hybridized carbons (Fsp3) is 0.417. The van der Waals surface area contributed by atoms with Crippen LogP contribution in [0.25, 0.3) is 0 Å². The number of pyridine rings is 1. The molecule has 0 radical (unpaired) electrons. The van der Waals surface area contributed by atoms with E-state index in [1.165, 1.54) is 17.2 Å². The van der Waals surface area contributed by atoms with Gasteiger partial charge in [-0.05, 0) is 19.0 Å². The molecule has 1 rings (SSSR count). The van der Waals surface area contributed by atoms with Crippen LogP contribution in [0.2, 0.25) is 10.0 Å². The minimum atomic E-state index is -0.978. The second-order valence-electron chi connectivity index (χ2n) is 4.14. The van der Waals surface area contributed by atoms with Gasteiger partial charge in [0.25, 0.3) is 0 Å². The van der Waals surface area contributed by atoms with Gasteiger partial charge in [-0.1, -0.05) is 30.1 Å². The Kier molecular flexibility index (Phi) is 6.70. The molecule has 0 aliphatic heterocycles. The number of hydrogen-bond donors (Lipinski definition) is 2. The van der Waals surface area contributed by atoms with Gasteiger partial charge in [-0.15, -0.1) is 0 Å². The van der Waals surface area contributed by atoms with E-state index >= 15 is 0 Å². The van der Waals surface area contributed by atoms with Gasteiger partial charge in [-0.25, -0.2) is 4.98 Å². The molecule has 6 nitrogen and oxygen atoms in total. The Bertz CT molecular complexity index is 497. The fourth-order valence-electron chi connectivity index (χ4n) is 1.60. The second kappa shape index (κ2) is 8.04. The van der Waals surface area contributed by atoms with E-state index in [0.29, 0.717) is 11.6 Å². The van der Waals surface area contributed by atoms with Gasteiger partial charge in [0, 0.05) is 6.20 Å². The van der Waals surface area contributed by atoms with E-state index in [-0.39, 0.29) is 29.8 Å². The SMILES string of the molecule is CCCN(CC(=O)O)CC(=O)Nc1ncc(Cl)cc1Cl. The molecule has 0 aromatic carbocycles. The molecule has 1 amide bonds. The molecular weight excluding hydrogens is 305 g/mol. The largest absolute Gasteiger partial charge is 0.480 e. The lowest BCUT2D eigenvalue weighted by molar-refractivity contribution is -0.138. The Morgan fingerprint density at radius 3 is 2.65 bits per heavy atom. The first-order valence-electron chi connectivity index (χ1n) is 5.97. The van der Waals surface area contributed by atoms with Crippen LogP contribution in [-0.4, -0.2) is 46.5 Å². The number of aromatic nitrogens is 1. The molecule has 0 aliphatic carbocycles. The number of hydrogen-bond acceptors (Lipinski definition) is 4. The molecule has 0 atom stereocenters. The average molecular weight is 320 g/mol. The molecule has 0 aliphatic rings. The van der Waals surface area contributed by atoms with Crippen LogP contribution in [0.5, 0.6) is 0 Å². The van der Waals surface area contributed by atoms with Crippen molar-refractivity contribution in [2.24, 2.45) is 0 Å². The van der Waals surface area contributed by atoms with Crippen LogP contribution in [0, 0.1) is 0 Å². The zero-order valence-electron chi connectivity index (χ0n) is 10.9. The van der Waals surface area contributed by atoms with Crippen molar-refractivity contribution in [2.45, 2.75) is 13.3 Å². The summed E-state index contributed by atoms with van der Waals surface area (Å²) in [5, 5.41) is 11.9.